The third kappa shape index (κ3) is 4.41. The molecule has 3 aromatic rings. The van der Waals surface area contributed by atoms with E-state index in [1.165, 1.54) is 42.7 Å². The third-order valence-corrected chi connectivity index (χ3v) is 6.57. The molecule has 158 valence electrons. The van der Waals surface area contributed by atoms with Crippen molar-refractivity contribution in [1.82, 2.24) is 4.90 Å². The Balaban J connectivity index is 1.56. The van der Waals surface area contributed by atoms with E-state index in [1.54, 1.807) is 12.1 Å². The number of carbonyl (C=O) groups excluding carboxylic acids is 2. The molecule has 1 aliphatic heterocycles. The molecule has 2 heterocycles. The molecule has 31 heavy (non-hydrogen) atoms. The first-order valence-electron chi connectivity index (χ1n) is 10.1. The maximum Gasteiger partial charge on any atom is 0.256 e. The number of carbonyl (C=O) groups is 2. The van der Waals surface area contributed by atoms with Crippen LogP contribution in [-0.2, 0) is 6.54 Å². The quantitative estimate of drug-likeness (QED) is 0.532. The Morgan fingerprint density at radius 2 is 1.87 bits per heavy atom. The number of nitrogens with zero attached hydrogens (tertiary/aromatic N) is 1. The van der Waals surface area contributed by atoms with Crippen molar-refractivity contribution in [2.75, 3.05) is 18.4 Å². The first-order valence-corrected chi connectivity index (χ1v) is 11.0. The summed E-state index contributed by atoms with van der Waals surface area (Å²) in [5.41, 5.74) is 7.67. The van der Waals surface area contributed by atoms with Gasteiger partial charge in [-0.3, -0.25) is 14.5 Å². The van der Waals surface area contributed by atoms with Gasteiger partial charge >= 0.3 is 0 Å². The molecule has 2 amide bonds. The van der Waals surface area contributed by atoms with Crippen LogP contribution in [0.3, 0.4) is 0 Å². The molecule has 1 aliphatic rings. The summed E-state index contributed by atoms with van der Waals surface area (Å²) < 4.78 is 0.609. The van der Waals surface area contributed by atoms with Crippen LogP contribution in [-0.4, -0.2) is 34.9 Å². The lowest BCUT2D eigenvalue weighted by molar-refractivity contribution is 0.100. The number of benzene rings is 2. The summed E-state index contributed by atoms with van der Waals surface area (Å²) in [6.45, 7) is 3.10. The van der Waals surface area contributed by atoms with Gasteiger partial charge < -0.3 is 16.2 Å². The molecule has 0 bridgehead atoms. The number of anilines is 1. The van der Waals surface area contributed by atoms with Crippen LogP contribution in [0.5, 0.6) is 5.75 Å². The minimum atomic E-state index is -0.674. The maximum atomic E-state index is 12.8. The van der Waals surface area contributed by atoms with Crippen LogP contribution in [0.25, 0.3) is 10.1 Å². The van der Waals surface area contributed by atoms with E-state index in [9.17, 15) is 14.7 Å². The lowest BCUT2D eigenvalue weighted by atomic mass is 10.1. The fourth-order valence-electron chi connectivity index (χ4n) is 3.89. The van der Waals surface area contributed by atoms with E-state index in [0.29, 0.717) is 20.7 Å². The van der Waals surface area contributed by atoms with Gasteiger partial charge in [-0.2, -0.15) is 0 Å². The zero-order valence-electron chi connectivity index (χ0n) is 17.0. The van der Waals surface area contributed by atoms with E-state index in [4.69, 9.17) is 12.2 Å². The van der Waals surface area contributed by atoms with Crippen LogP contribution in [0.15, 0.2) is 36.4 Å². The van der Waals surface area contributed by atoms with Gasteiger partial charge in [0.15, 0.2) is 0 Å². The number of phenolic OH excluding ortho intramolecular Hbond substituents is 1. The number of phenols is 1. The Morgan fingerprint density at radius 3 is 2.52 bits per heavy atom. The second-order valence-electron chi connectivity index (χ2n) is 7.67. The van der Waals surface area contributed by atoms with Gasteiger partial charge in [0.1, 0.15) is 10.8 Å². The number of amides is 2. The molecular formula is C24H23N3O3S. The number of thiophene rings is 1. The normalized spacial score (nSPS) is 14.3. The summed E-state index contributed by atoms with van der Waals surface area (Å²) in [6, 6.07) is 10.5. The molecule has 1 fully saturated rings. The van der Waals surface area contributed by atoms with Gasteiger partial charge in [-0.25, -0.2) is 0 Å². The Kier molecular flexibility index (Phi) is 5.94. The van der Waals surface area contributed by atoms with E-state index in [-0.39, 0.29) is 22.8 Å². The van der Waals surface area contributed by atoms with E-state index in [1.807, 2.05) is 12.1 Å². The van der Waals surface area contributed by atoms with Crippen LogP contribution in [0.4, 0.5) is 5.00 Å². The van der Waals surface area contributed by atoms with Crippen molar-refractivity contribution in [3.05, 3.63) is 58.7 Å². The van der Waals surface area contributed by atoms with Crippen molar-refractivity contribution < 1.29 is 14.7 Å². The largest absolute Gasteiger partial charge is 0.507 e. The van der Waals surface area contributed by atoms with Crippen molar-refractivity contribution in [3.63, 3.8) is 0 Å². The SMILES string of the molecule is C#Cc1cc2c(C(N)=O)c(NC(=O)c3ccc(CN4CCCCC4)cc3)sc2cc1O. The van der Waals surface area contributed by atoms with Crippen molar-refractivity contribution in [2.45, 2.75) is 25.8 Å². The Bertz CT molecular complexity index is 1190. The van der Waals surface area contributed by atoms with Crippen molar-refractivity contribution in [2.24, 2.45) is 5.73 Å². The van der Waals surface area contributed by atoms with Crippen LogP contribution >= 0.6 is 11.3 Å². The van der Waals surface area contributed by atoms with Crippen LogP contribution in [0.1, 0.15) is 51.1 Å². The zero-order valence-corrected chi connectivity index (χ0v) is 17.8. The highest BCUT2D eigenvalue weighted by Gasteiger charge is 2.21. The zero-order chi connectivity index (χ0) is 22.0. The molecule has 0 unspecified atom stereocenters. The van der Waals surface area contributed by atoms with Gasteiger partial charge in [0.05, 0.1) is 11.1 Å². The summed E-state index contributed by atoms with van der Waals surface area (Å²) in [5.74, 6) is 1.31. The molecule has 0 aliphatic carbocycles. The van der Waals surface area contributed by atoms with Gasteiger partial charge in [0.25, 0.3) is 11.8 Å². The summed E-state index contributed by atoms with van der Waals surface area (Å²) in [5, 5.41) is 13.6. The molecule has 2 aromatic carbocycles. The number of primary amides is 1. The molecule has 4 rings (SSSR count). The van der Waals surface area contributed by atoms with Crippen molar-refractivity contribution in [3.8, 4) is 18.1 Å². The summed E-state index contributed by atoms with van der Waals surface area (Å²) >= 11 is 1.17. The van der Waals surface area contributed by atoms with E-state index in [0.717, 1.165) is 25.2 Å². The second kappa shape index (κ2) is 8.80. The maximum absolute atomic E-state index is 12.8. The monoisotopic (exact) mass is 433 g/mol. The topological polar surface area (TPSA) is 95.7 Å². The first kappa shape index (κ1) is 20.9. The highest BCUT2D eigenvalue weighted by molar-refractivity contribution is 7.23. The Hall–Kier alpha value is -3.34. The molecule has 1 saturated heterocycles. The first-order chi connectivity index (χ1) is 15.0. The fourth-order valence-corrected chi connectivity index (χ4v) is 5.01. The fraction of sp³-hybridized carbons (Fsp3) is 0.250. The summed E-state index contributed by atoms with van der Waals surface area (Å²) in [6.07, 6.45) is 9.17. The Labute approximate surface area is 184 Å². The molecule has 6 nitrogen and oxygen atoms in total. The predicted octanol–water partition coefficient (Wildman–Crippen LogP) is 3.93. The molecule has 4 N–H and O–H groups in total. The van der Waals surface area contributed by atoms with Crippen molar-refractivity contribution >= 4 is 38.2 Å². The average molecular weight is 434 g/mol. The second-order valence-corrected chi connectivity index (χ2v) is 8.72. The van der Waals surface area contributed by atoms with Gasteiger partial charge in [0.2, 0.25) is 0 Å². The lowest BCUT2D eigenvalue weighted by Gasteiger charge is -2.26. The highest BCUT2D eigenvalue weighted by atomic mass is 32.1. The van der Waals surface area contributed by atoms with E-state index < -0.39 is 5.91 Å². The summed E-state index contributed by atoms with van der Waals surface area (Å²) in [7, 11) is 0. The molecule has 0 radical (unpaired) electrons. The molecule has 0 spiro atoms. The minimum Gasteiger partial charge on any atom is -0.507 e. The van der Waals surface area contributed by atoms with Crippen molar-refractivity contribution in [1.29, 1.82) is 0 Å². The number of hydrogen-bond donors (Lipinski definition) is 3. The lowest BCUT2D eigenvalue weighted by Crippen LogP contribution is -2.29. The molecule has 0 saturated carbocycles. The van der Waals surface area contributed by atoms with Gasteiger partial charge in [-0.15, -0.1) is 17.8 Å². The molecule has 7 heteroatoms. The summed E-state index contributed by atoms with van der Waals surface area (Å²) in [4.78, 5) is 27.3. The number of rotatable bonds is 5. The smallest absolute Gasteiger partial charge is 0.256 e. The van der Waals surface area contributed by atoms with Crippen LogP contribution < -0.4 is 11.1 Å². The van der Waals surface area contributed by atoms with Gasteiger partial charge in [-0.1, -0.05) is 24.5 Å². The molecule has 0 atom stereocenters. The van der Waals surface area contributed by atoms with Gasteiger partial charge in [-0.05, 0) is 55.8 Å². The number of likely N-dealkylation sites (tertiary alicyclic amines) is 1. The number of nitrogens with two attached hydrogens (primary N) is 1. The third-order valence-electron chi connectivity index (χ3n) is 5.51. The van der Waals surface area contributed by atoms with E-state index in [2.05, 4.69) is 16.1 Å². The number of hydrogen-bond acceptors (Lipinski definition) is 5. The van der Waals surface area contributed by atoms with E-state index >= 15 is 0 Å². The number of fused-ring (bicyclic) bond motifs is 1. The molecule has 1 aromatic heterocycles. The predicted molar refractivity (Wildman–Crippen MR) is 123 cm³/mol. The minimum absolute atomic E-state index is 0.0607. The average Bonchev–Trinajstić information content (AvgIpc) is 3.10. The van der Waals surface area contributed by atoms with Gasteiger partial charge in [0, 0.05) is 22.2 Å². The number of aromatic hydroxyl groups is 1. The highest BCUT2D eigenvalue weighted by Crippen LogP contribution is 2.38. The number of terminal acetylenes is 1. The van der Waals surface area contributed by atoms with Crippen LogP contribution in [0, 0.1) is 12.3 Å². The number of nitrogens with one attached hydrogen (secondary N) is 1. The molecular weight excluding hydrogens is 410 g/mol. The Morgan fingerprint density at radius 1 is 1.16 bits per heavy atom. The van der Waals surface area contributed by atoms with Crippen LogP contribution in [0.2, 0.25) is 0 Å². The standard InChI is InChI=1S/C24H23N3O3S/c1-2-16-12-18-20(13-19(16)28)31-24(21(18)22(25)29)26-23(30)17-8-6-15(7-9-17)14-27-10-4-3-5-11-27/h1,6-9,12-13,28H,3-5,10-11,14H2,(H2,25,29)(H,26,30). The number of piperidine rings is 1.